The van der Waals surface area contributed by atoms with Gasteiger partial charge in [-0.25, -0.2) is 9.59 Å². The summed E-state index contributed by atoms with van der Waals surface area (Å²) in [5.74, 6) is -5.62. The van der Waals surface area contributed by atoms with E-state index in [0.717, 1.165) is 7.11 Å². The van der Waals surface area contributed by atoms with Crippen LogP contribution < -0.4 is 0 Å². The van der Waals surface area contributed by atoms with Gasteiger partial charge in [-0.05, 0) is 0 Å². The van der Waals surface area contributed by atoms with E-state index in [1.165, 1.54) is 0 Å². The van der Waals surface area contributed by atoms with Crippen LogP contribution in [0.1, 0.15) is 6.42 Å². The summed E-state index contributed by atoms with van der Waals surface area (Å²) in [4.78, 5) is 41.9. The van der Waals surface area contributed by atoms with Crippen molar-refractivity contribution in [3.63, 3.8) is 0 Å². The topological polar surface area (TPSA) is 118 Å². The Hall–Kier alpha value is -2.18. The molecule has 0 aromatic carbocycles. The second-order valence-corrected chi connectivity index (χ2v) is 2.40. The molecule has 0 fully saturated rings. The van der Waals surface area contributed by atoms with Crippen molar-refractivity contribution in [2.75, 3.05) is 7.11 Å². The third-order valence-electron chi connectivity index (χ3n) is 1.35. The van der Waals surface area contributed by atoms with Crippen LogP contribution >= 0.6 is 0 Å². The lowest BCUT2D eigenvalue weighted by Gasteiger charge is -1.99. The molecule has 2 N–H and O–H groups in total. The van der Waals surface area contributed by atoms with E-state index in [1.807, 2.05) is 0 Å². The van der Waals surface area contributed by atoms with Gasteiger partial charge in [0.2, 0.25) is 0 Å². The summed E-state index contributed by atoms with van der Waals surface area (Å²) in [5, 5.41) is 16.7. The maximum absolute atomic E-state index is 10.7. The molecule has 0 spiro atoms. The Labute approximate surface area is 84.0 Å². The molecule has 0 atom stereocenters. The number of hydrogen-bond acceptors (Lipinski definition) is 5. The smallest absolute Gasteiger partial charge is 0.376 e. The van der Waals surface area contributed by atoms with Crippen molar-refractivity contribution in [3.8, 4) is 0 Å². The summed E-state index contributed by atoms with van der Waals surface area (Å²) in [6.07, 6.45) is -0.285. The summed E-state index contributed by atoms with van der Waals surface area (Å²) >= 11 is 0. The van der Waals surface area contributed by atoms with Gasteiger partial charge in [-0.3, -0.25) is 9.59 Å². The van der Waals surface area contributed by atoms with Gasteiger partial charge in [0, 0.05) is 6.08 Å². The number of carboxylic acids is 2. The predicted octanol–water partition coefficient (Wildman–Crippen LogP) is -0.786. The molecule has 0 aliphatic heterocycles. The fraction of sp³-hybridized carbons (Fsp3) is 0.250. The van der Waals surface area contributed by atoms with Gasteiger partial charge in [-0.1, -0.05) is 0 Å². The van der Waals surface area contributed by atoms with Crippen LogP contribution in [0.2, 0.25) is 0 Å². The third-order valence-corrected chi connectivity index (χ3v) is 1.35. The molecule has 0 aromatic heterocycles. The Bertz CT molecular complexity index is 339. The van der Waals surface area contributed by atoms with E-state index in [-0.39, 0.29) is 0 Å². The molecule has 0 amide bonds. The Balaban J connectivity index is 4.82. The first-order chi connectivity index (χ1) is 6.88. The summed E-state index contributed by atoms with van der Waals surface area (Å²) in [6.45, 7) is 0. The largest absolute Gasteiger partial charge is 0.478 e. The number of aliphatic carboxylic acids is 2. The highest BCUT2D eigenvalue weighted by Gasteiger charge is 2.17. The lowest BCUT2D eigenvalue weighted by Crippen LogP contribution is -2.15. The Morgan fingerprint density at radius 3 is 2.00 bits per heavy atom. The second-order valence-electron chi connectivity index (χ2n) is 2.40. The minimum Gasteiger partial charge on any atom is -0.478 e. The number of ketones is 1. The molecule has 0 rings (SSSR count). The van der Waals surface area contributed by atoms with Gasteiger partial charge in [0.1, 0.15) is 0 Å². The van der Waals surface area contributed by atoms with Crippen molar-refractivity contribution in [1.82, 2.24) is 0 Å². The van der Waals surface area contributed by atoms with E-state index in [1.54, 1.807) is 0 Å². The number of carbonyl (C=O) groups excluding carboxylic acids is 2. The first kappa shape index (κ1) is 12.8. The van der Waals surface area contributed by atoms with Crippen molar-refractivity contribution in [2.24, 2.45) is 0 Å². The zero-order valence-electron chi connectivity index (χ0n) is 7.72. The number of esters is 1. The molecule has 7 nitrogen and oxygen atoms in total. The predicted molar refractivity (Wildman–Crippen MR) is 45.0 cm³/mol. The molecule has 82 valence electrons. The molecule has 0 aliphatic rings. The van der Waals surface area contributed by atoms with Crippen molar-refractivity contribution in [1.29, 1.82) is 0 Å². The fourth-order valence-electron chi connectivity index (χ4n) is 0.636. The molecule has 0 aliphatic carbocycles. The van der Waals surface area contributed by atoms with Crippen LogP contribution in [-0.4, -0.2) is 41.0 Å². The number of hydrogen-bond donors (Lipinski definition) is 2. The number of methoxy groups -OCH3 is 1. The maximum atomic E-state index is 10.7. The lowest BCUT2D eigenvalue weighted by molar-refractivity contribution is -0.147. The summed E-state index contributed by atoms with van der Waals surface area (Å²) in [6, 6.07) is 0. The van der Waals surface area contributed by atoms with Gasteiger partial charge in [-0.15, -0.1) is 0 Å². The molecule has 0 aromatic rings. The highest BCUT2D eigenvalue weighted by atomic mass is 16.5. The van der Waals surface area contributed by atoms with Crippen LogP contribution in [0.3, 0.4) is 0 Å². The average molecular weight is 216 g/mol. The van der Waals surface area contributed by atoms with Crippen LogP contribution in [0.25, 0.3) is 0 Å². The fourth-order valence-corrected chi connectivity index (χ4v) is 0.636. The number of rotatable bonds is 5. The normalized spacial score (nSPS) is 10.6. The van der Waals surface area contributed by atoms with Gasteiger partial charge >= 0.3 is 17.9 Å². The molecular weight excluding hydrogens is 208 g/mol. The number of carbonyl (C=O) groups is 4. The second kappa shape index (κ2) is 5.53. The summed E-state index contributed by atoms with van der Waals surface area (Å²) in [5.41, 5.74) is -0.630. The van der Waals surface area contributed by atoms with Gasteiger partial charge in [0.05, 0.1) is 19.1 Å². The monoisotopic (exact) mass is 216 g/mol. The van der Waals surface area contributed by atoms with Gasteiger partial charge in [0.25, 0.3) is 5.78 Å². The quantitative estimate of drug-likeness (QED) is 0.351. The first-order valence-corrected chi connectivity index (χ1v) is 3.66. The van der Waals surface area contributed by atoms with Gasteiger partial charge in [0.15, 0.2) is 0 Å². The molecule has 7 heteroatoms. The summed E-state index contributed by atoms with van der Waals surface area (Å²) < 4.78 is 4.17. The standard InChI is InChI=1S/C8H8O7/c1-15-6(10)3-4(7(11)12)2-5(9)8(13)14/h2H,3H2,1H3,(H,11,12)(H,13,14). The van der Waals surface area contributed by atoms with E-state index in [4.69, 9.17) is 10.2 Å². The number of carboxylic acid groups (broad SMARTS) is 2. The van der Waals surface area contributed by atoms with E-state index in [2.05, 4.69) is 4.74 Å². The van der Waals surface area contributed by atoms with Crippen LogP contribution in [0.15, 0.2) is 11.6 Å². The van der Waals surface area contributed by atoms with Crippen LogP contribution in [0.5, 0.6) is 0 Å². The minimum atomic E-state index is -1.79. The Morgan fingerprint density at radius 1 is 1.13 bits per heavy atom. The maximum Gasteiger partial charge on any atom is 0.376 e. The van der Waals surface area contributed by atoms with Crippen LogP contribution in [0, 0.1) is 0 Å². The van der Waals surface area contributed by atoms with Crippen LogP contribution in [0.4, 0.5) is 0 Å². The summed E-state index contributed by atoms with van der Waals surface area (Å²) in [7, 11) is 1.04. The van der Waals surface area contributed by atoms with Gasteiger partial charge < -0.3 is 14.9 Å². The van der Waals surface area contributed by atoms with E-state index in [9.17, 15) is 19.2 Å². The highest BCUT2D eigenvalue weighted by Crippen LogP contribution is 2.03. The average Bonchev–Trinajstić information content (AvgIpc) is 2.15. The molecular formula is C8H8O7. The highest BCUT2D eigenvalue weighted by molar-refractivity contribution is 6.38. The molecule has 0 bridgehead atoms. The van der Waals surface area contributed by atoms with E-state index in [0.29, 0.717) is 6.08 Å². The molecule has 0 unspecified atom stereocenters. The number of ether oxygens (including phenoxy) is 1. The Morgan fingerprint density at radius 2 is 1.67 bits per heavy atom. The van der Waals surface area contributed by atoms with E-state index < -0.39 is 35.7 Å². The van der Waals surface area contributed by atoms with Crippen LogP contribution in [-0.2, 0) is 23.9 Å². The van der Waals surface area contributed by atoms with Crippen molar-refractivity contribution in [3.05, 3.63) is 11.6 Å². The molecule has 0 radical (unpaired) electrons. The third kappa shape index (κ3) is 4.55. The SMILES string of the molecule is COC(=O)CC(=CC(=O)C(=O)O)C(=O)O. The zero-order valence-corrected chi connectivity index (χ0v) is 7.72. The Kier molecular flexibility index (Phi) is 4.73. The first-order valence-electron chi connectivity index (χ1n) is 3.66. The molecule has 0 saturated carbocycles. The molecule has 0 saturated heterocycles. The zero-order chi connectivity index (χ0) is 12.0. The molecule has 15 heavy (non-hydrogen) atoms. The van der Waals surface area contributed by atoms with E-state index >= 15 is 0 Å². The van der Waals surface area contributed by atoms with Crippen molar-refractivity contribution in [2.45, 2.75) is 6.42 Å². The lowest BCUT2D eigenvalue weighted by atomic mass is 10.1. The van der Waals surface area contributed by atoms with Crippen molar-refractivity contribution < 1.29 is 34.1 Å². The minimum absolute atomic E-state index is 0.377. The van der Waals surface area contributed by atoms with Crippen molar-refractivity contribution >= 4 is 23.7 Å². The molecule has 0 heterocycles. The van der Waals surface area contributed by atoms with Gasteiger partial charge in [-0.2, -0.15) is 0 Å².